The Bertz CT molecular complexity index is 1410. The lowest BCUT2D eigenvalue weighted by Crippen LogP contribution is -2.38. The molecule has 0 bridgehead atoms. The van der Waals surface area contributed by atoms with Crippen molar-refractivity contribution in [2.24, 2.45) is 0 Å². The molecule has 0 radical (unpaired) electrons. The number of hydrogen-bond donors (Lipinski definition) is 7. The molecule has 10 unspecified atom stereocenters. The van der Waals surface area contributed by atoms with Crippen molar-refractivity contribution in [2.75, 3.05) is 24.7 Å². The van der Waals surface area contributed by atoms with Gasteiger partial charge in [0, 0.05) is 17.0 Å². The van der Waals surface area contributed by atoms with Gasteiger partial charge < -0.3 is 41.2 Å². The zero-order valence-corrected chi connectivity index (χ0v) is 21.9. The van der Waals surface area contributed by atoms with Crippen LogP contribution < -0.4 is 22.8 Å². The Kier molecular flexibility index (Phi) is 9.10. The van der Waals surface area contributed by atoms with Gasteiger partial charge in [-0.3, -0.25) is 18.2 Å². The zero-order chi connectivity index (χ0) is 29.4. The Morgan fingerprint density at radius 1 is 0.975 bits per heavy atom. The standard InChI is InChI=1S/C18H24N6O14P2/c19-9-1-3-23(17(28)21-9)15-13(37-39(30)31)12(27)8(36-15)6-34-40(32,33)38-14-11(26)7(5-25)35-16(14)24-4-2-10(20)22-18(24)29/h1-4,7-8,11-16,25-27H,5-6H2,(H5-,19,20,21,22,28,29,30,31,32,33)/p+1. The van der Waals surface area contributed by atoms with Gasteiger partial charge in [0.05, 0.1) is 13.2 Å². The van der Waals surface area contributed by atoms with Crippen LogP contribution in [-0.4, -0.2) is 94.0 Å². The molecule has 4 heterocycles. The van der Waals surface area contributed by atoms with E-state index in [1.165, 1.54) is 12.1 Å². The van der Waals surface area contributed by atoms with E-state index in [1.54, 1.807) is 0 Å². The number of phosphoric acid groups is 1. The smallest absolute Gasteiger partial charge is 0.394 e. The quantitative estimate of drug-likeness (QED) is 0.129. The van der Waals surface area contributed by atoms with Crippen LogP contribution in [0.15, 0.2) is 34.1 Å². The van der Waals surface area contributed by atoms with Crippen molar-refractivity contribution in [3.63, 3.8) is 0 Å². The Morgan fingerprint density at radius 2 is 1.48 bits per heavy atom. The van der Waals surface area contributed by atoms with Crippen LogP contribution in [-0.2, 0) is 32.2 Å². The highest BCUT2D eigenvalue weighted by Gasteiger charge is 2.52. The van der Waals surface area contributed by atoms with Crippen LogP contribution in [0.25, 0.3) is 0 Å². The molecule has 0 amide bonds. The number of anilines is 2. The molecule has 40 heavy (non-hydrogen) atoms. The molecule has 2 fully saturated rings. The van der Waals surface area contributed by atoms with E-state index >= 15 is 0 Å². The molecule has 4 rings (SSSR count). The first-order valence-electron chi connectivity index (χ1n) is 11.3. The third kappa shape index (κ3) is 6.44. The highest BCUT2D eigenvalue weighted by atomic mass is 31.2. The summed E-state index contributed by atoms with van der Waals surface area (Å²) in [6.45, 7) is -1.64. The largest absolute Gasteiger partial charge is 0.695 e. The zero-order valence-electron chi connectivity index (χ0n) is 20.1. The minimum atomic E-state index is -5.15. The van der Waals surface area contributed by atoms with Crippen molar-refractivity contribution < 1.29 is 57.3 Å². The summed E-state index contributed by atoms with van der Waals surface area (Å²) in [6, 6.07) is 2.42. The van der Waals surface area contributed by atoms with Crippen LogP contribution in [0, 0.1) is 0 Å². The third-order valence-electron chi connectivity index (χ3n) is 5.93. The van der Waals surface area contributed by atoms with E-state index in [-0.39, 0.29) is 11.6 Å². The lowest BCUT2D eigenvalue weighted by molar-refractivity contribution is -0.0643. The Balaban J connectivity index is 1.51. The van der Waals surface area contributed by atoms with Crippen LogP contribution in [0.4, 0.5) is 11.6 Å². The summed E-state index contributed by atoms with van der Waals surface area (Å²) in [5.74, 6) is -0.272. The van der Waals surface area contributed by atoms with E-state index in [0.717, 1.165) is 21.5 Å². The summed E-state index contributed by atoms with van der Waals surface area (Å²) < 4.78 is 51.5. The second-order valence-electron chi connectivity index (χ2n) is 8.52. The predicted molar refractivity (Wildman–Crippen MR) is 128 cm³/mol. The predicted octanol–water partition coefficient (Wildman–Crippen LogP) is -3.29. The van der Waals surface area contributed by atoms with E-state index in [4.69, 9.17) is 34.5 Å². The summed E-state index contributed by atoms with van der Waals surface area (Å²) in [5.41, 5.74) is 9.01. The molecular formula is C18H25N6O14P2+. The fraction of sp³-hybridized carbons (Fsp3) is 0.556. The Hall–Kier alpha value is -2.71. The summed E-state index contributed by atoms with van der Waals surface area (Å²) in [4.78, 5) is 51.1. The lowest BCUT2D eigenvalue weighted by Gasteiger charge is -2.25. The van der Waals surface area contributed by atoms with Gasteiger partial charge in [-0.05, 0) is 12.1 Å². The van der Waals surface area contributed by atoms with E-state index in [1.807, 2.05) is 0 Å². The van der Waals surface area contributed by atoms with Gasteiger partial charge in [0.25, 0.3) is 0 Å². The van der Waals surface area contributed by atoms with E-state index in [2.05, 4.69) is 9.97 Å². The summed E-state index contributed by atoms with van der Waals surface area (Å²) in [6.07, 6.45) is -10.5. The number of aliphatic hydroxyl groups excluding tert-OH is 3. The molecule has 20 nitrogen and oxygen atoms in total. The first kappa shape index (κ1) is 30.3. The van der Waals surface area contributed by atoms with Crippen LogP contribution >= 0.6 is 16.1 Å². The first-order chi connectivity index (χ1) is 18.8. The van der Waals surface area contributed by atoms with Crippen molar-refractivity contribution in [3.05, 3.63) is 45.5 Å². The lowest BCUT2D eigenvalue weighted by atomic mass is 10.1. The third-order valence-corrected chi connectivity index (χ3v) is 7.33. The van der Waals surface area contributed by atoms with Crippen LogP contribution in [0.5, 0.6) is 0 Å². The number of rotatable bonds is 10. The molecule has 0 saturated carbocycles. The van der Waals surface area contributed by atoms with Crippen molar-refractivity contribution in [3.8, 4) is 0 Å². The summed E-state index contributed by atoms with van der Waals surface area (Å²) in [7, 11) is -8.45. The average Bonchev–Trinajstić information content (AvgIpc) is 3.33. The van der Waals surface area contributed by atoms with Crippen molar-refractivity contribution in [1.29, 1.82) is 0 Å². The second kappa shape index (κ2) is 12.0. The molecule has 0 spiro atoms. The number of nitrogen functional groups attached to an aromatic ring is 2. The maximum Gasteiger partial charge on any atom is 0.695 e. The maximum atomic E-state index is 12.8. The average molecular weight is 611 g/mol. The molecule has 2 aliphatic heterocycles. The molecular weight excluding hydrogens is 586 g/mol. The maximum absolute atomic E-state index is 12.8. The van der Waals surface area contributed by atoms with E-state index in [9.17, 15) is 43.8 Å². The van der Waals surface area contributed by atoms with Gasteiger partial charge >= 0.3 is 27.5 Å². The van der Waals surface area contributed by atoms with Crippen LogP contribution in [0.2, 0.25) is 0 Å². The van der Waals surface area contributed by atoms with Gasteiger partial charge in [-0.1, -0.05) is 0 Å². The summed E-state index contributed by atoms with van der Waals surface area (Å²) >= 11 is 0. The summed E-state index contributed by atoms with van der Waals surface area (Å²) in [5, 5.41) is 30.6. The van der Waals surface area contributed by atoms with E-state index in [0.29, 0.717) is 0 Å². The topological polar surface area (TPSA) is 303 Å². The molecule has 0 aromatic carbocycles. The number of aliphatic hydroxyl groups is 3. The highest BCUT2D eigenvalue weighted by molar-refractivity contribution is 7.47. The van der Waals surface area contributed by atoms with Crippen molar-refractivity contribution >= 4 is 27.7 Å². The minimum Gasteiger partial charge on any atom is -0.394 e. The molecule has 220 valence electrons. The Labute approximate surface area is 223 Å². The monoisotopic (exact) mass is 611 g/mol. The molecule has 10 atom stereocenters. The fourth-order valence-electron chi connectivity index (χ4n) is 4.10. The number of phosphoric ester groups is 1. The molecule has 2 aromatic rings. The number of nitrogens with two attached hydrogens (primary N) is 2. The van der Waals surface area contributed by atoms with Gasteiger partial charge in [0.1, 0.15) is 42.2 Å². The molecule has 9 N–H and O–H groups in total. The minimum absolute atomic E-state index is 0.134. The second-order valence-corrected chi connectivity index (χ2v) is 10.6. The molecule has 0 aliphatic carbocycles. The highest BCUT2D eigenvalue weighted by Crippen LogP contribution is 2.49. The normalized spacial score (nSPS) is 32.2. The number of hydrogen-bond acceptors (Lipinski definition) is 16. The number of ether oxygens (including phenoxy) is 2. The van der Waals surface area contributed by atoms with Crippen LogP contribution in [0.1, 0.15) is 12.5 Å². The SMILES string of the molecule is Nc1ccn(C2OC(COP(=O)(O)OC3C(O)C(CO)OC3n3ccc(N)nc3=O)C(O)C2O[P+](=O)O)c(=O)n1. The molecule has 2 aliphatic rings. The number of nitrogens with zero attached hydrogens (tertiary/aromatic N) is 4. The number of aromatic nitrogens is 4. The van der Waals surface area contributed by atoms with Gasteiger partial charge in [-0.2, -0.15) is 9.97 Å². The van der Waals surface area contributed by atoms with Crippen molar-refractivity contribution in [2.45, 2.75) is 49.1 Å². The van der Waals surface area contributed by atoms with Gasteiger partial charge in [0.15, 0.2) is 18.6 Å². The first-order valence-corrected chi connectivity index (χ1v) is 13.9. The van der Waals surface area contributed by atoms with Crippen molar-refractivity contribution in [1.82, 2.24) is 19.1 Å². The fourth-order valence-corrected chi connectivity index (χ4v) is 5.46. The molecule has 2 saturated heterocycles. The van der Waals surface area contributed by atoms with Gasteiger partial charge in [-0.25, -0.2) is 14.2 Å². The van der Waals surface area contributed by atoms with Crippen LogP contribution in [0.3, 0.4) is 0 Å². The van der Waals surface area contributed by atoms with Gasteiger partial charge in [-0.15, -0.1) is 9.42 Å². The Morgan fingerprint density at radius 3 is 1.98 bits per heavy atom. The molecule has 22 heteroatoms. The molecule has 2 aromatic heterocycles. The van der Waals surface area contributed by atoms with E-state index < -0.39 is 89.8 Å². The van der Waals surface area contributed by atoms with Gasteiger partial charge in [0.2, 0.25) is 0 Å².